The van der Waals surface area contributed by atoms with Crippen molar-refractivity contribution in [3.8, 4) is 5.88 Å². The number of aryl methyl sites for hydroxylation is 1. The van der Waals surface area contributed by atoms with Crippen molar-refractivity contribution >= 4 is 21.3 Å². The second-order valence-electron chi connectivity index (χ2n) is 6.27. The number of oxime groups is 1. The third-order valence-electron chi connectivity index (χ3n) is 4.60. The van der Waals surface area contributed by atoms with Gasteiger partial charge < -0.3 is 9.94 Å². The number of nitrogens with zero attached hydrogens (tertiary/aromatic N) is 3. The molecule has 0 fully saturated rings. The Bertz CT molecular complexity index is 1060. The maximum absolute atomic E-state index is 12.9. The molecule has 0 saturated carbocycles. The predicted molar refractivity (Wildman–Crippen MR) is 99.3 cm³/mol. The van der Waals surface area contributed by atoms with E-state index in [4.69, 9.17) is 4.84 Å². The zero-order chi connectivity index (χ0) is 20.5. The van der Waals surface area contributed by atoms with Crippen molar-refractivity contribution in [1.82, 2.24) is 9.78 Å². The van der Waals surface area contributed by atoms with E-state index in [-0.39, 0.29) is 40.7 Å². The van der Waals surface area contributed by atoms with Gasteiger partial charge in [-0.05, 0) is 31.5 Å². The number of hydrogen-bond acceptors (Lipinski definition) is 7. The van der Waals surface area contributed by atoms with Gasteiger partial charge in [-0.15, -0.1) is 0 Å². The van der Waals surface area contributed by atoms with Crippen molar-refractivity contribution in [2.75, 3.05) is 19.0 Å². The summed E-state index contributed by atoms with van der Waals surface area (Å²) >= 11 is 0. The zero-order valence-corrected chi connectivity index (χ0v) is 16.3. The van der Waals surface area contributed by atoms with Gasteiger partial charge in [-0.1, -0.05) is 5.16 Å². The molecule has 0 aliphatic carbocycles. The van der Waals surface area contributed by atoms with E-state index in [0.29, 0.717) is 23.4 Å². The molecule has 1 N–H and O–H groups in total. The van der Waals surface area contributed by atoms with E-state index in [1.54, 1.807) is 13.8 Å². The topological polar surface area (TPSA) is 111 Å². The average Bonchev–Trinajstić information content (AvgIpc) is 3.04. The first-order valence-electron chi connectivity index (χ1n) is 8.72. The van der Waals surface area contributed by atoms with E-state index >= 15 is 0 Å². The monoisotopic (exact) mass is 409 g/mol. The van der Waals surface area contributed by atoms with Gasteiger partial charge in [0, 0.05) is 24.1 Å². The van der Waals surface area contributed by atoms with Gasteiger partial charge in [-0.2, -0.15) is 5.10 Å². The number of benzene rings is 1. The molecule has 0 spiro atoms. The molecule has 8 nitrogen and oxygen atoms in total. The van der Waals surface area contributed by atoms with Crippen molar-refractivity contribution in [3.05, 3.63) is 40.6 Å². The molecule has 0 amide bonds. The number of aromatic nitrogens is 2. The van der Waals surface area contributed by atoms with Crippen LogP contribution in [0.1, 0.15) is 40.4 Å². The summed E-state index contributed by atoms with van der Waals surface area (Å²) in [6, 6.07) is 2.78. The minimum Gasteiger partial charge on any atom is -0.493 e. The van der Waals surface area contributed by atoms with Gasteiger partial charge in [0.2, 0.25) is 5.88 Å². The number of aromatic hydroxyl groups is 1. The lowest BCUT2D eigenvalue weighted by Gasteiger charge is -2.21. The third-order valence-corrected chi connectivity index (χ3v) is 6.35. The number of carbonyl (C=O) groups excluding carboxylic acids is 1. The first kappa shape index (κ1) is 20.0. The molecule has 150 valence electrons. The molecule has 10 heteroatoms. The summed E-state index contributed by atoms with van der Waals surface area (Å²) < 4.78 is 38.5. The Morgan fingerprint density at radius 1 is 1.39 bits per heavy atom. The van der Waals surface area contributed by atoms with E-state index in [0.717, 1.165) is 0 Å². The van der Waals surface area contributed by atoms with Crippen LogP contribution in [0.3, 0.4) is 0 Å². The maximum atomic E-state index is 12.9. The molecule has 1 aromatic carbocycles. The molecular weight excluding hydrogens is 389 g/mol. The standard InChI is InChI=1S/C18H20FN3O5S/c1-3-22-18(24)13(10-20-22)17(23)12-4-5-15-16(11(12)2)14(21-27-8-7-19)6-9-28(15,25)26/h4-5,10,24H,3,6-9H2,1-2H3. The van der Waals surface area contributed by atoms with Crippen molar-refractivity contribution in [1.29, 1.82) is 0 Å². The maximum Gasteiger partial charge on any atom is 0.220 e. The Labute approximate surface area is 161 Å². The number of sulfone groups is 1. The summed E-state index contributed by atoms with van der Waals surface area (Å²) in [5, 5.41) is 18.0. The molecule has 1 aliphatic rings. The SMILES string of the molecule is CCn1ncc(C(=O)c2ccc3c(c2C)C(=NOCCF)CCS3(=O)=O)c1O. The van der Waals surface area contributed by atoms with Gasteiger partial charge in [0.1, 0.15) is 18.8 Å². The Balaban J connectivity index is 2.13. The fourth-order valence-electron chi connectivity index (χ4n) is 3.18. The van der Waals surface area contributed by atoms with Crippen LogP contribution in [0.4, 0.5) is 4.39 Å². The quantitative estimate of drug-likeness (QED) is 0.444. The van der Waals surface area contributed by atoms with Crippen LogP contribution < -0.4 is 0 Å². The van der Waals surface area contributed by atoms with Crippen LogP contribution in [0.25, 0.3) is 0 Å². The van der Waals surface area contributed by atoms with Gasteiger partial charge in [0.05, 0.1) is 22.6 Å². The van der Waals surface area contributed by atoms with Gasteiger partial charge in [-0.3, -0.25) is 4.79 Å². The van der Waals surface area contributed by atoms with Gasteiger partial charge >= 0.3 is 0 Å². The lowest BCUT2D eigenvalue weighted by molar-refractivity contribution is 0.103. The summed E-state index contributed by atoms with van der Waals surface area (Å²) in [7, 11) is -3.53. The number of carbonyl (C=O) groups is 1. The minimum atomic E-state index is -3.53. The van der Waals surface area contributed by atoms with E-state index < -0.39 is 22.3 Å². The number of hydrogen-bond donors (Lipinski definition) is 1. The summed E-state index contributed by atoms with van der Waals surface area (Å²) in [6.07, 6.45) is 1.37. The second kappa shape index (κ2) is 7.70. The second-order valence-corrected chi connectivity index (χ2v) is 8.34. The number of rotatable bonds is 6. The molecular formula is C18H20FN3O5S. The molecule has 0 saturated heterocycles. The highest BCUT2D eigenvalue weighted by Crippen LogP contribution is 2.32. The fourth-order valence-corrected chi connectivity index (χ4v) is 4.72. The molecule has 3 rings (SSSR count). The first-order chi connectivity index (χ1) is 13.3. The van der Waals surface area contributed by atoms with E-state index in [1.165, 1.54) is 23.0 Å². The molecule has 0 atom stereocenters. The molecule has 0 bridgehead atoms. The average molecular weight is 409 g/mol. The van der Waals surface area contributed by atoms with Crippen molar-refractivity contribution in [2.24, 2.45) is 5.16 Å². The van der Waals surface area contributed by atoms with Crippen LogP contribution >= 0.6 is 0 Å². The molecule has 0 radical (unpaired) electrons. The third kappa shape index (κ3) is 3.39. The van der Waals surface area contributed by atoms with Crippen LogP contribution in [0.2, 0.25) is 0 Å². The van der Waals surface area contributed by atoms with Gasteiger partial charge in [0.25, 0.3) is 0 Å². The highest BCUT2D eigenvalue weighted by molar-refractivity contribution is 7.91. The van der Waals surface area contributed by atoms with Crippen molar-refractivity contribution in [2.45, 2.75) is 31.7 Å². The van der Waals surface area contributed by atoms with Gasteiger partial charge in [-0.25, -0.2) is 17.5 Å². The van der Waals surface area contributed by atoms with E-state index in [9.17, 15) is 22.7 Å². The van der Waals surface area contributed by atoms with Crippen LogP contribution in [-0.2, 0) is 21.2 Å². The van der Waals surface area contributed by atoms with Gasteiger partial charge in [0.15, 0.2) is 15.6 Å². The smallest absolute Gasteiger partial charge is 0.220 e. The molecule has 1 aliphatic heterocycles. The minimum absolute atomic E-state index is 0.0238. The fraction of sp³-hybridized carbons (Fsp3) is 0.389. The highest BCUT2D eigenvalue weighted by Gasteiger charge is 2.32. The lowest BCUT2D eigenvalue weighted by Crippen LogP contribution is -2.24. The lowest BCUT2D eigenvalue weighted by atomic mass is 9.93. The summed E-state index contributed by atoms with van der Waals surface area (Å²) in [5.41, 5.74) is 1.28. The Morgan fingerprint density at radius 3 is 2.79 bits per heavy atom. The van der Waals surface area contributed by atoms with Crippen LogP contribution in [0.5, 0.6) is 5.88 Å². The van der Waals surface area contributed by atoms with E-state index in [1.807, 2.05) is 0 Å². The molecule has 2 aromatic rings. The Hall–Kier alpha value is -2.75. The zero-order valence-electron chi connectivity index (χ0n) is 15.5. The largest absolute Gasteiger partial charge is 0.493 e. The Morgan fingerprint density at radius 2 is 2.14 bits per heavy atom. The first-order valence-corrected chi connectivity index (χ1v) is 10.4. The van der Waals surface area contributed by atoms with Crippen LogP contribution in [0.15, 0.2) is 28.4 Å². The molecule has 2 heterocycles. The van der Waals surface area contributed by atoms with Crippen LogP contribution in [0, 0.1) is 6.92 Å². The number of alkyl halides is 1. The highest BCUT2D eigenvalue weighted by atomic mass is 32.2. The number of ketones is 1. The summed E-state index contributed by atoms with van der Waals surface area (Å²) in [6.45, 7) is 2.81. The summed E-state index contributed by atoms with van der Waals surface area (Å²) in [4.78, 5) is 17.9. The normalized spacial score (nSPS) is 16.8. The van der Waals surface area contributed by atoms with Crippen LogP contribution in [-0.4, -0.2) is 53.8 Å². The van der Waals surface area contributed by atoms with E-state index in [2.05, 4.69) is 10.3 Å². The Kier molecular flexibility index (Phi) is 5.50. The summed E-state index contributed by atoms with van der Waals surface area (Å²) in [5.74, 6) is -0.879. The molecule has 1 aromatic heterocycles. The molecule has 0 unspecified atom stereocenters. The number of fused-ring (bicyclic) bond motifs is 1. The molecule has 28 heavy (non-hydrogen) atoms. The van der Waals surface area contributed by atoms with Crippen molar-refractivity contribution < 1.29 is 27.5 Å². The van der Waals surface area contributed by atoms with Crippen molar-refractivity contribution in [3.63, 3.8) is 0 Å². The number of halogens is 1. The predicted octanol–water partition coefficient (Wildman–Crippen LogP) is 2.02.